The van der Waals surface area contributed by atoms with Crippen LogP contribution in [0, 0.1) is 5.21 Å². The lowest BCUT2D eigenvalue weighted by atomic mass is 9.96. The molecule has 2 aromatic heterocycles. The molecule has 0 spiro atoms. The maximum absolute atomic E-state index is 14.0. The summed E-state index contributed by atoms with van der Waals surface area (Å²) in [6, 6.07) is 0. The molecule has 6 N–H and O–H groups in total. The quantitative estimate of drug-likeness (QED) is 0.180. The molecule has 0 radical (unpaired) electrons. The molecular formula is C18H29FN5O8P. The third kappa shape index (κ3) is 4.44. The molecule has 3 heterocycles. The maximum Gasteiger partial charge on any atom is 0.359 e. The summed E-state index contributed by atoms with van der Waals surface area (Å²) in [6.07, 6.45) is -3.99. The Bertz CT molecular complexity index is 1050. The minimum atomic E-state index is -4.71. The average Bonchev–Trinajstić information content (AvgIpc) is 3.31. The zero-order valence-electron chi connectivity index (χ0n) is 18.4. The van der Waals surface area contributed by atoms with E-state index >= 15 is 0 Å². The number of nitrogens with zero attached hydrogens (tertiary/aromatic N) is 4. The first-order valence-corrected chi connectivity index (χ1v) is 11.9. The van der Waals surface area contributed by atoms with Gasteiger partial charge in [0, 0.05) is 6.42 Å². The summed E-state index contributed by atoms with van der Waals surface area (Å²) >= 11 is 0. The molecule has 0 aromatic carbocycles. The number of imidazole rings is 1. The second kappa shape index (κ2) is 9.02. The van der Waals surface area contributed by atoms with E-state index < -0.39 is 56.2 Å². The Morgan fingerprint density at radius 3 is 2.58 bits per heavy atom. The van der Waals surface area contributed by atoms with Crippen molar-refractivity contribution in [2.24, 2.45) is 0 Å². The molecular weight excluding hydrogens is 464 g/mol. The van der Waals surface area contributed by atoms with Crippen LogP contribution in [-0.4, -0.2) is 70.7 Å². The number of ether oxygens (including phenoxy) is 1. The van der Waals surface area contributed by atoms with Crippen LogP contribution in [0.2, 0.25) is 0 Å². The number of hydrogen-bond donors (Lipinski definition) is 5. The van der Waals surface area contributed by atoms with Gasteiger partial charge in [-0.25, -0.2) is 14.1 Å². The van der Waals surface area contributed by atoms with Crippen LogP contribution < -0.4 is 10.5 Å². The normalized spacial score (nSPS) is 27.5. The highest BCUT2D eigenvalue weighted by molar-refractivity contribution is 7.54. The van der Waals surface area contributed by atoms with Gasteiger partial charge in [0.15, 0.2) is 17.1 Å². The fourth-order valence-corrected chi connectivity index (χ4v) is 5.52. The van der Waals surface area contributed by atoms with Gasteiger partial charge in [-0.3, -0.25) is 13.7 Å². The Morgan fingerprint density at radius 2 is 2.00 bits per heavy atom. The lowest BCUT2D eigenvalue weighted by Crippen LogP contribution is -2.42. The molecule has 1 saturated heterocycles. The van der Waals surface area contributed by atoms with Crippen molar-refractivity contribution in [1.29, 1.82) is 0 Å². The lowest BCUT2D eigenvalue weighted by Gasteiger charge is -2.37. The molecule has 3 rings (SSSR count). The number of hydrogen-bond acceptors (Lipinski definition) is 10. The largest absolute Gasteiger partial charge is 0.740 e. The number of halogens is 1. The number of aliphatic hydroxyl groups excluding tert-OH is 2. The topological polar surface area (TPSA) is 200 Å². The van der Waals surface area contributed by atoms with E-state index in [1.807, 2.05) is 0 Å². The molecule has 0 bridgehead atoms. The maximum atomic E-state index is 14.0. The van der Waals surface area contributed by atoms with Crippen LogP contribution in [0.4, 0.5) is 10.2 Å². The molecule has 0 amide bonds. The fourth-order valence-electron chi connectivity index (χ4n) is 3.83. The molecule has 2 aromatic rings. The summed E-state index contributed by atoms with van der Waals surface area (Å²) in [6.45, 7) is 2.97. The van der Waals surface area contributed by atoms with Crippen molar-refractivity contribution in [2.45, 2.75) is 75.5 Å². The predicted octanol–water partition coefficient (Wildman–Crippen LogP) is 0.0950. The van der Waals surface area contributed by atoms with Gasteiger partial charge in [0.2, 0.25) is 12.0 Å². The van der Waals surface area contributed by atoms with E-state index in [0.29, 0.717) is 4.73 Å². The highest BCUT2D eigenvalue weighted by Crippen LogP contribution is 2.60. The highest BCUT2D eigenvalue weighted by Gasteiger charge is 2.52. The molecule has 2 unspecified atom stereocenters. The Morgan fingerprint density at radius 1 is 1.36 bits per heavy atom. The molecule has 15 heteroatoms. The van der Waals surface area contributed by atoms with Crippen molar-refractivity contribution in [1.82, 2.24) is 14.5 Å². The van der Waals surface area contributed by atoms with E-state index in [2.05, 4.69) is 9.97 Å². The van der Waals surface area contributed by atoms with Crippen LogP contribution in [-0.2, 0) is 13.8 Å². The van der Waals surface area contributed by atoms with Gasteiger partial charge >= 0.3 is 7.60 Å². The number of nitrogens with two attached hydrogens (primary N) is 1. The van der Waals surface area contributed by atoms with Crippen molar-refractivity contribution < 1.29 is 43.2 Å². The van der Waals surface area contributed by atoms with Gasteiger partial charge < -0.3 is 35.9 Å². The second-order valence-corrected chi connectivity index (χ2v) is 10.5. The Balaban J connectivity index is 1.85. The van der Waals surface area contributed by atoms with E-state index in [1.54, 1.807) is 0 Å². The van der Waals surface area contributed by atoms with Crippen LogP contribution in [0.5, 0.6) is 0 Å². The van der Waals surface area contributed by atoms with Gasteiger partial charge in [0.05, 0.1) is 6.10 Å². The summed E-state index contributed by atoms with van der Waals surface area (Å²) in [7, 11) is -4.71. The number of anilines is 1. The van der Waals surface area contributed by atoms with Gasteiger partial charge in [0.1, 0.15) is 30.8 Å². The zero-order valence-corrected chi connectivity index (χ0v) is 19.3. The van der Waals surface area contributed by atoms with Crippen LogP contribution in [0.25, 0.3) is 11.2 Å². The van der Waals surface area contributed by atoms with E-state index in [0.717, 1.165) is 6.33 Å². The number of nitrogen functional groups attached to an aromatic ring is 1. The summed E-state index contributed by atoms with van der Waals surface area (Å²) in [5.41, 5.74) is 3.93. The molecule has 33 heavy (non-hydrogen) atoms. The molecule has 1 aliphatic rings. The van der Waals surface area contributed by atoms with Gasteiger partial charge in [-0.1, -0.05) is 18.8 Å². The summed E-state index contributed by atoms with van der Waals surface area (Å²) in [5, 5.41) is 41.1. The third-order valence-electron chi connectivity index (χ3n) is 6.06. The first-order chi connectivity index (χ1) is 15.3. The summed E-state index contributed by atoms with van der Waals surface area (Å²) in [5.74, 6) is -0.222. The number of alkyl halides is 1. The van der Waals surface area contributed by atoms with Crippen LogP contribution in [0.3, 0.4) is 0 Å². The lowest BCUT2D eigenvalue weighted by molar-refractivity contribution is -0.592. The first-order valence-electron chi connectivity index (χ1n) is 10.4. The number of aromatic nitrogens is 4. The zero-order chi connectivity index (χ0) is 24.8. The smallest absolute Gasteiger partial charge is 0.359 e. The molecule has 186 valence electrons. The second-order valence-electron chi connectivity index (χ2n) is 8.41. The van der Waals surface area contributed by atoms with Crippen molar-refractivity contribution in [3.63, 3.8) is 0 Å². The third-order valence-corrected chi connectivity index (χ3v) is 8.43. The summed E-state index contributed by atoms with van der Waals surface area (Å²) in [4.78, 5) is 18.3. The van der Waals surface area contributed by atoms with Crippen molar-refractivity contribution in [2.75, 3.05) is 12.4 Å². The molecule has 0 saturated carbocycles. The fraction of sp³-hybridized carbons (Fsp3) is 0.722. The van der Waals surface area contributed by atoms with Crippen LogP contribution >= 0.6 is 7.60 Å². The van der Waals surface area contributed by atoms with E-state index in [-0.39, 0.29) is 29.8 Å². The first kappa shape index (κ1) is 25.7. The van der Waals surface area contributed by atoms with Crippen molar-refractivity contribution in [3.8, 4) is 0 Å². The van der Waals surface area contributed by atoms with E-state index in [4.69, 9.17) is 15.0 Å². The predicted molar refractivity (Wildman–Crippen MR) is 112 cm³/mol. The molecule has 0 aliphatic carbocycles. The molecule has 13 nitrogen and oxygen atoms in total. The van der Waals surface area contributed by atoms with Gasteiger partial charge in [-0.05, 0) is 19.8 Å². The standard InChI is InChI=1S/C18H29FN5O8P/c1-4-18(27,5-2)33(29,30)32-17(3,7-19)6-10-12(25)13(26)16(31-10)23-8-21-11-14(20)24(28)9-22-15(11)23/h8-10,12-13,16,25-27H,4-7,20H2,1-3H3,(H,29,30)/t10-,12-,13-,16-,17?/m1/s1. The number of fused-ring (bicyclic) bond motifs is 1. The Kier molecular flexibility index (Phi) is 7.02. The van der Waals surface area contributed by atoms with Crippen molar-refractivity contribution in [3.05, 3.63) is 17.9 Å². The Labute approximate surface area is 188 Å². The minimum absolute atomic E-state index is 0.0535. The van der Waals surface area contributed by atoms with Gasteiger partial charge in [0.25, 0.3) is 5.82 Å². The van der Waals surface area contributed by atoms with Crippen LogP contribution in [0.15, 0.2) is 12.7 Å². The SMILES string of the molecule is CCC(O)(CC)P(=O)(O)OC(C)(CF)C[C@H]1O[C@@H](n2cnc3c(N)[n+]([O-])cnc32)[C@H](O)[C@@H]1O. The minimum Gasteiger partial charge on any atom is -0.740 e. The van der Waals surface area contributed by atoms with E-state index in [1.165, 1.54) is 31.7 Å². The van der Waals surface area contributed by atoms with Gasteiger partial charge in [-0.15, -0.1) is 0 Å². The molecule has 1 fully saturated rings. The van der Waals surface area contributed by atoms with Gasteiger partial charge in [-0.2, -0.15) is 0 Å². The number of rotatable bonds is 9. The highest BCUT2D eigenvalue weighted by atomic mass is 31.2. The summed E-state index contributed by atoms with van der Waals surface area (Å²) < 4.78 is 39.3. The monoisotopic (exact) mass is 493 g/mol. The molecule has 6 atom stereocenters. The van der Waals surface area contributed by atoms with Crippen LogP contribution in [0.1, 0.15) is 46.3 Å². The number of aliphatic hydroxyl groups is 3. The Hall–Kier alpha value is -1.93. The van der Waals surface area contributed by atoms with E-state index in [9.17, 15) is 34.4 Å². The van der Waals surface area contributed by atoms with Crippen molar-refractivity contribution >= 4 is 24.6 Å². The molecule has 1 aliphatic heterocycles. The average molecular weight is 493 g/mol.